The maximum Gasteiger partial charge on any atom is 0.194 e. The third kappa shape index (κ3) is 4.90. The van der Waals surface area contributed by atoms with Crippen LogP contribution < -0.4 is 43.2 Å². The normalized spacial score (nSPS) is 17.4. The number of hydrogen-bond donors (Lipinski definition) is 0. The van der Waals surface area contributed by atoms with Crippen molar-refractivity contribution in [2.45, 2.75) is 63.7 Å². The van der Waals surface area contributed by atoms with Crippen molar-refractivity contribution in [1.29, 1.82) is 0 Å². The molecule has 5 heteroatoms. The summed E-state index contributed by atoms with van der Waals surface area (Å²) in [4.78, 5) is 2.73. The second-order valence-corrected chi connectivity index (χ2v) is 14.9. The lowest BCUT2D eigenvalue weighted by atomic mass is 9.43. The molecule has 5 aromatic rings. The molecule has 2 heterocycles. The SMILES string of the molecule is CCc1cc2cc3c(cc2cc1CC1(C)C=c2cc4c(cc2=CC1)[B]c1cc(C)c(C)cc1S4)[B]c1cc(Cl)c(C)cc1[B]3. The smallest absolute Gasteiger partial charge is 0.0912 e. The number of aryl methyl sites for hydroxylation is 4. The van der Waals surface area contributed by atoms with Crippen LogP contribution in [0.5, 0.6) is 0 Å². The maximum atomic E-state index is 6.48. The molecule has 0 saturated heterocycles. The van der Waals surface area contributed by atoms with Crippen molar-refractivity contribution < 1.29 is 0 Å². The van der Waals surface area contributed by atoms with Crippen molar-refractivity contribution in [3.05, 3.63) is 104 Å². The van der Waals surface area contributed by atoms with Gasteiger partial charge >= 0.3 is 0 Å². The standard InChI is InChI=1S/C39H33B3ClS/c1-6-24-12-26-15-31-32(41-33-18-36(43)23(4)10-30(33)40-31)16-27(26)13-28(24)19-39(5)8-7-25-14-35-38(17-29(25)20-39)44-37-11-22(3)21(2)9-34(37)42-35/h7,9-18,20H,6,8,19H2,1-5H3. The van der Waals surface area contributed by atoms with Crippen molar-refractivity contribution in [3.8, 4) is 0 Å². The molecule has 211 valence electrons. The fourth-order valence-corrected chi connectivity index (χ4v) is 8.60. The molecule has 44 heavy (non-hydrogen) atoms. The Balaban J connectivity index is 1.13. The minimum atomic E-state index is 0.0646. The van der Waals surface area contributed by atoms with Crippen LogP contribution in [0.1, 0.15) is 48.1 Å². The van der Waals surface area contributed by atoms with E-state index in [2.05, 4.69) is 129 Å². The zero-order valence-corrected chi connectivity index (χ0v) is 27.6. The highest BCUT2D eigenvalue weighted by atomic mass is 35.5. The highest BCUT2D eigenvalue weighted by Crippen LogP contribution is 2.34. The first-order chi connectivity index (χ1) is 21.1. The Morgan fingerprint density at radius 3 is 2.00 bits per heavy atom. The van der Waals surface area contributed by atoms with Gasteiger partial charge in [0.1, 0.15) is 0 Å². The first-order valence-electron chi connectivity index (χ1n) is 15.7. The molecule has 5 aromatic carbocycles. The second-order valence-electron chi connectivity index (χ2n) is 13.4. The van der Waals surface area contributed by atoms with Crippen molar-refractivity contribution in [2.75, 3.05) is 0 Å². The lowest BCUT2D eigenvalue weighted by Gasteiger charge is -2.29. The summed E-state index contributed by atoms with van der Waals surface area (Å²) in [6, 6.07) is 23.5. The molecule has 1 unspecified atom stereocenters. The van der Waals surface area contributed by atoms with E-state index in [1.807, 2.05) is 11.8 Å². The van der Waals surface area contributed by atoms with Gasteiger partial charge in [-0.2, -0.15) is 0 Å². The first-order valence-corrected chi connectivity index (χ1v) is 16.9. The maximum absolute atomic E-state index is 6.48. The highest BCUT2D eigenvalue weighted by Gasteiger charge is 2.26. The Hall–Kier alpha value is -3.07. The molecule has 1 atom stereocenters. The summed E-state index contributed by atoms with van der Waals surface area (Å²) in [5.41, 5.74) is 14.5. The Bertz CT molecular complexity index is 2180. The predicted molar refractivity (Wildman–Crippen MR) is 196 cm³/mol. The number of fused-ring (bicyclic) bond motifs is 6. The van der Waals surface area contributed by atoms with E-state index in [4.69, 9.17) is 11.6 Å². The monoisotopic (exact) mass is 601 g/mol. The molecular formula is C39H33B3ClS. The molecule has 0 bridgehead atoms. The average Bonchev–Trinajstić information content (AvgIpc) is 2.98. The third-order valence-corrected chi connectivity index (χ3v) is 11.5. The lowest BCUT2D eigenvalue weighted by molar-refractivity contribution is 0.470. The summed E-state index contributed by atoms with van der Waals surface area (Å²) in [5, 5.41) is 6.21. The Labute approximate surface area is 272 Å². The van der Waals surface area contributed by atoms with E-state index < -0.39 is 0 Å². The van der Waals surface area contributed by atoms with Gasteiger partial charge in [0.15, 0.2) is 21.8 Å². The second kappa shape index (κ2) is 10.5. The van der Waals surface area contributed by atoms with Gasteiger partial charge in [0, 0.05) is 14.8 Å². The minimum absolute atomic E-state index is 0.0646. The topological polar surface area (TPSA) is 0 Å². The molecule has 0 fully saturated rings. The van der Waals surface area contributed by atoms with Crippen LogP contribution >= 0.6 is 23.4 Å². The number of benzene rings is 5. The van der Waals surface area contributed by atoms with Crippen molar-refractivity contribution in [1.82, 2.24) is 0 Å². The number of halogens is 1. The van der Waals surface area contributed by atoms with Gasteiger partial charge in [0.25, 0.3) is 0 Å². The molecule has 0 nitrogen and oxygen atoms in total. The molecule has 8 rings (SSSR count). The Kier molecular flexibility index (Phi) is 6.78. The van der Waals surface area contributed by atoms with Crippen LogP contribution in [0.4, 0.5) is 0 Å². The quantitative estimate of drug-likeness (QED) is 0.277. The van der Waals surface area contributed by atoms with Gasteiger partial charge in [0.2, 0.25) is 0 Å². The summed E-state index contributed by atoms with van der Waals surface area (Å²) in [7, 11) is 6.98. The highest BCUT2D eigenvalue weighted by molar-refractivity contribution is 8.00. The zero-order valence-electron chi connectivity index (χ0n) is 26.1. The van der Waals surface area contributed by atoms with Crippen molar-refractivity contribution in [2.24, 2.45) is 5.41 Å². The Morgan fingerprint density at radius 2 is 1.25 bits per heavy atom. The average molecular weight is 602 g/mol. The fraction of sp³-hybridized carbons (Fsp3) is 0.231. The van der Waals surface area contributed by atoms with E-state index in [0.29, 0.717) is 0 Å². The van der Waals surface area contributed by atoms with Crippen LogP contribution in [0.2, 0.25) is 5.02 Å². The van der Waals surface area contributed by atoms with Crippen molar-refractivity contribution >= 4 is 101 Å². The van der Waals surface area contributed by atoms with Crippen LogP contribution in [0.3, 0.4) is 0 Å². The van der Waals surface area contributed by atoms with E-state index in [0.717, 1.165) is 29.8 Å². The van der Waals surface area contributed by atoms with Crippen LogP contribution in [-0.2, 0) is 12.8 Å². The zero-order chi connectivity index (χ0) is 30.3. The van der Waals surface area contributed by atoms with E-state index in [-0.39, 0.29) is 5.41 Å². The summed E-state index contributed by atoms with van der Waals surface area (Å²) in [5.74, 6) is 0. The van der Waals surface area contributed by atoms with Crippen LogP contribution in [0, 0.1) is 26.2 Å². The minimum Gasteiger partial charge on any atom is -0.0912 e. The van der Waals surface area contributed by atoms with Gasteiger partial charge in [-0.1, -0.05) is 125 Å². The van der Waals surface area contributed by atoms with Crippen LogP contribution in [0.25, 0.3) is 22.9 Å². The van der Waals surface area contributed by atoms with E-state index in [9.17, 15) is 0 Å². The van der Waals surface area contributed by atoms with Gasteiger partial charge in [-0.25, -0.2) is 0 Å². The molecule has 2 aliphatic heterocycles. The summed E-state index contributed by atoms with van der Waals surface area (Å²) in [6.07, 6.45) is 8.15. The molecule has 1 aliphatic carbocycles. The van der Waals surface area contributed by atoms with Gasteiger partial charge in [0.05, 0.1) is 0 Å². The van der Waals surface area contributed by atoms with Crippen LogP contribution in [-0.4, -0.2) is 21.8 Å². The first kappa shape index (κ1) is 28.4. The summed E-state index contributed by atoms with van der Waals surface area (Å²) >= 11 is 8.40. The number of rotatable bonds is 3. The van der Waals surface area contributed by atoms with E-state index in [1.165, 1.54) is 86.0 Å². The molecule has 0 N–H and O–H groups in total. The molecule has 0 amide bonds. The van der Waals surface area contributed by atoms with Crippen LogP contribution in [0.15, 0.2) is 70.5 Å². The van der Waals surface area contributed by atoms with E-state index in [1.54, 1.807) is 0 Å². The van der Waals surface area contributed by atoms with Crippen molar-refractivity contribution in [3.63, 3.8) is 0 Å². The van der Waals surface area contributed by atoms with Gasteiger partial charge in [-0.05, 0) is 113 Å². The molecular weight excluding hydrogens is 568 g/mol. The molecule has 3 aliphatic rings. The summed E-state index contributed by atoms with van der Waals surface area (Å²) in [6.45, 7) is 11.2. The lowest BCUT2D eigenvalue weighted by Crippen LogP contribution is -2.56. The largest absolute Gasteiger partial charge is 0.194 e. The third-order valence-electron chi connectivity index (χ3n) is 9.99. The molecule has 0 spiro atoms. The predicted octanol–water partition coefficient (Wildman–Crippen LogP) is 3.94. The Morgan fingerprint density at radius 1 is 0.659 bits per heavy atom. The van der Waals surface area contributed by atoms with E-state index >= 15 is 0 Å². The molecule has 0 aromatic heterocycles. The molecule has 0 saturated carbocycles. The fourth-order valence-electron chi connectivity index (χ4n) is 7.29. The number of hydrogen-bond acceptors (Lipinski definition) is 1. The van der Waals surface area contributed by atoms with Gasteiger partial charge < -0.3 is 0 Å². The summed E-state index contributed by atoms with van der Waals surface area (Å²) < 4.78 is 0. The van der Waals surface area contributed by atoms with Gasteiger partial charge in [-0.3, -0.25) is 0 Å². The van der Waals surface area contributed by atoms with Gasteiger partial charge in [-0.15, -0.1) is 0 Å². The molecule has 3 radical (unpaired) electrons.